The summed E-state index contributed by atoms with van der Waals surface area (Å²) >= 11 is 0. The summed E-state index contributed by atoms with van der Waals surface area (Å²) in [7, 11) is 2.17. The molecular weight excluding hydrogens is 330 g/mol. The first-order chi connectivity index (χ1) is 12.6. The third-order valence-electron chi connectivity index (χ3n) is 5.80. The van der Waals surface area contributed by atoms with Crippen molar-refractivity contribution in [3.05, 3.63) is 48.0 Å². The molecular formula is C20H25N3O3. The highest BCUT2D eigenvalue weighted by Crippen LogP contribution is 2.39. The molecule has 0 N–H and O–H groups in total. The number of piperidine rings is 1. The van der Waals surface area contributed by atoms with Crippen LogP contribution >= 0.6 is 0 Å². The summed E-state index contributed by atoms with van der Waals surface area (Å²) < 4.78 is 11.1. The summed E-state index contributed by atoms with van der Waals surface area (Å²) in [6.07, 6.45) is 5.49. The number of amides is 1. The quantitative estimate of drug-likeness (QED) is 0.844. The molecule has 1 atom stereocenters. The first kappa shape index (κ1) is 17.1. The lowest BCUT2D eigenvalue weighted by Gasteiger charge is -2.58. The van der Waals surface area contributed by atoms with Gasteiger partial charge in [-0.2, -0.15) is 0 Å². The Labute approximate surface area is 153 Å². The van der Waals surface area contributed by atoms with Crippen molar-refractivity contribution in [3.63, 3.8) is 0 Å². The average molecular weight is 355 g/mol. The average Bonchev–Trinajstić information content (AvgIpc) is 3.05. The molecule has 6 heteroatoms. The van der Waals surface area contributed by atoms with Crippen molar-refractivity contribution in [2.75, 3.05) is 33.3 Å². The summed E-state index contributed by atoms with van der Waals surface area (Å²) in [6.45, 7) is 5.09. The number of aryl methyl sites for hydroxylation is 1. The number of hydrogen-bond acceptors (Lipinski definition) is 5. The minimum absolute atomic E-state index is 0.0714. The van der Waals surface area contributed by atoms with Gasteiger partial charge in [-0.3, -0.25) is 9.69 Å². The van der Waals surface area contributed by atoms with Gasteiger partial charge in [-0.25, -0.2) is 4.98 Å². The van der Waals surface area contributed by atoms with Gasteiger partial charge < -0.3 is 14.1 Å². The van der Waals surface area contributed by atoms with Gasteiger partial charge in [0.25, 0.3) is 5.91 Å². The lowest BCUT2D eigenvalue weighted by Crippen LogP contribution is -2.72. The summed E-state index contributed by atoms with van der Waals surface area (Å²) in [6, 6.07) is 7.48. The van der Waals surface area contributed by atoms with Gasteiger partial charge in [-0.05, 0) is 51.4 Å². The van der Waals surface area contributed by atoms with Crippen LogP contribution in [0.2, 0.25) is 0 Å². The second-order valence-electron chi connectivity index (χ2n) is 7.54. The second-order valence-corrected chi connectivity index (χ2v) is 7.54. The molecule has 0 saturated carbocycles. The zero-order valence-corrected chi connectivity index (χ0v) is 15.4. The molecule has 2 aromatic rings. The Balaban J connectivity index is 1.36. The predicted octanol–water partition coefficient (Wildman–Crippen LogP) is 2.60. The maximum absolute atomic E-state index is 12.6. The number of hydrogen-bond donors (Lipinski definition) is 0. The van der Waals surface area contributed by atoms with Gasteiger partial charge in [0.1, 0.15) is 5.76 Å². The molecule has 1 amide bonds. The minimum atomic E-state index is 0.0714. The first-order valence-corrected chi connectivity index (χ1v) is 9.16. The number of carbonyl (C=O) groups excluding carboxylic acids is 1. The Morgan fingerprint density at radius 1 is 1.38 bits per heavy atom. The Bertz CT molecular complexity index is 768. The monoisotopic (exact) mass is 355 g/mol. The van der Waals surface area contributed by atoms with Crippen molar-refractivity contribution in [1.29, 1.82) is 0 Å². The van der Waals surface area contributed by atoms with Gasteiger partial charge in [-0.1, -0.05) is 6.07 Å². The Morgan fingerprint density at radius 3 is 2.92 bits per heavy atom. The topological polar surface area (TPSA) is 58.8 Å². The summed E-state index contributed by atoms with van der Waals surface area (Å²) in [5.41, 5.74) is 0.748. The molecule has 6 nitrogen and oxygen atoms in total. The molecule has 2 fully saturated rings. The maximum atomic E-state index is 12.6. The fourth-order valence-corrected chi connectivity index (χ4v) is 4.14. The standard InChI is InChI=1S/C20H25N3O3/c1-15-17(7-10-25-15)19(24)23-13-20(14-23)11-16(6-9-22(20)2)12-26-18-5-3-4-8-21-18/h3-5,7-8,10,16H,6,9,11-14H2,1-2H3/t16-/m1/s1. The van der Waals surface area contributed by atoms with Crippen LogP contribution in [0.5, 0.6) is 5.88 Å². The van der Waals surface area contributed by atoms with E-state index in [0.29, 0.717) is 29.7 Å². The molecule has 4 rings (SSSR count). The number of likely N-dealkylation sites (tertiary alicyclic amines) is 2. The van der Waals surface area contributed by atoms with Crippen molar-refractivity contribution in [2.24, 2.45) is 5.92 Å². The number of nitrogens with zero attached hydrogens (tertiary/aromatic N) is 3. The molecule has 1 spiro atoms. The van der Waals surface area contributed by atoms with E-state index in [0.717, 1.165) is 32.5 Å². The van der Waals surface area contributed by atoms with Crippen LogP contribution in [-0.2, 0) is 0 Å². The van der Waals surface area contributed by atoms with Crippen LogP contribution < -0.4 is 4.74 Å². The van der Waals surface area contributed by atoms with Crippen LogP contribution in [0.15, 0.2) is 41.1 Å². The number of likely N-dealkylation sites (N-methyl/N-ethyl adjacent to an activating group) is 1. The molecule has 0 aliphatic carbocycles. The number of furan rings is 1. The normalized spacial score (nSPS) is 22.2. The van der Waals surface area contributed by atoms with Gasteiger partial charge in [0.15, 0.2) is 0 Å². The molecule has 2 aliphatic rings. The van der Waals surface area contributed by atoms with Crippen LogP contribution in [0.1, 0.15) is 29.0 Å². The van der Waals surface area contributed by atoms with Crippen molar-refractivity contribution >= 4 is 5.91 Å². The molecule has 4 heterocycles. The Morgan fingerprint density at radius 2 is 2.23 bits per heavy atom. The molecule has 2 aliphatic heterocycles. The van der Waals surface area contributed by atoms with Crippen LogP contribution in [0.3, 0.4) is 0 Å². The molecule has 2 aromatic heterocycles. The third kappa shape index (κ3) is 3.09. The molecule has 0 radical (unpaired) electrons. The zero-order valence-electron chi connectivity index (χ0n) is 15.4. The van der Waals surface area contributed by atoms with Crippen molar-refractivity contribution in [2.45, 2.75) is 25.3 Å². The van der Waals surface area contributed by atoms with Gasteiger partial charge in [0, 0.05) is 25.4 Å². The Kier molecular flexibility index (Phi) is 4.44. The summed E-state index contributed by atoms with van der Waals surface area (Å²) in [5, 5.41) is 0. The number of ether oxygens (including phenoxy) is 1. The highest BCUT2D eigenvalue weighted by Gasteiger charge is 2.51. The zero-order chi connectivity index (χ0) is 18.1. The molecule has 0 aromatic carbocycles. The first-order valence-electron chi connectivity index (χ1n) is 9.16. The van der Waals surface area contributed by atoms with Crippen molar-refractivity contribution in [1.82, 2.24) is 14.8 Å². The fraction of sp³-hybridized carbons (Fsp3) is 0.500. The fourth-order valence-electron chi connectivity index (χ4n) is 4.14. The largest absolute Gasteiger partial charge is 0.477 e. The SMILES string of the molecule is Cc1occc1C(=O)N1CC2(C[C@H](COc3ccccn3)CCN2C)C1. The van der Waals surface area contributed by atoms with Gasteiger partial charge in [-0.15, -0.1) is 0 Å². The predicted molar refractivity (Wildman–Crippen MR) is 97.2 cm³/mol. The number of pyridine rings is 1. The van der Waals surface area contributed by atoms with E-state index in [1.807, 2.05) is 30.0 Å². The summed E-state index contributed by atoms with van der Waals surface area (Å²) in [4.78, 5) is 21.2. The summed E-state index contributed by atoms with van der Waals surface area (Å²) in [5.74, 6) is 1.93. The molecule has 2 saturated heterocycles. The van der Waals surface area contributed by atoms with Gasteiger partial charge >= 0.3 is 0 Å². The van der Waals surface area contributed by atoms with E-state index in [2.05, 4.69) is 16.9 Å². The van der Waals surface area contributed by atoms with E-state index >= 15 is 0 Å². The van der Waals surface area contributed by atoms with Crippen molar-refractivity contribution in [3.8, 4) is 5.88 Å². The lowest BCUT2D eigenvalue weighted by atomic mass is 9.75. The van der Waals surface area contributed by atoms with Gasteiger partial charge in [0.2, 0.25) is 5.88 Å². The number of carbonyl (C=O) groups is 1. The van der Waals surface area contributed by atoms with Crippen LogP contribution in [0.25, 0.3) is 0 Å². The maximum Gasteiger partial charge on any atom is 0.257 e. The van der Waals surface area contributed by atoms with E-state index in [9.17, 15) is 4.79 Å². The third-order valence-corrected chi connectivity index (χ3v) is 5.80. The molecule has 138 valence electrons. The van der Waals surface area contributed by atoms with E-state index in [1.165, 1.54) is 0 Å². The van der Waals surface area contributed by atoms with Crippen LogP contribution in [-0.4, -0.2) is 59.5 Å². The van der Waals surface area contributed by atoms with Crippen molar-refractivity contribution < 1.29 is 13.9 Å². The lowest BCUT2D eigenvalue weighted by molar-refractivity contribution is -0.0696. The van der Waals surface area contributed by atoms with Gasteiger partial charge in [0.05, 0.1) is 24.0 Å². The molecule has 26 heavy (non-hydrogen) atoms. The van der Waals surface area contributed by atoms with E-state index in [4.69, 9.17) is 9.15 Å². The minimum Gasteiger partial charge on any atom is -0.477 e. The highest BCUT2D eigenvalue weighted by atomic mass is 16.5. The Hall–Kier alpha value is -2.34. The van der Waals surface area contributed by atoms with Crippen LogP contribution in [0, 0.1) is 12.8 Å². The van der Waals surface area contributed by atoms with E-state index in [1.54, 1.807) is 18.5 Å². The van der Waals surface area contributed by atoms with E-state index < -0.39 is 0 Å². The smallest absolute Gasteiger partial charge is 0.257 e. The highest BCUT2D eigenvalue weighted by molar-refractivity contribution is 5.95. The number of aromatic nitrogens is 1. The molecule has 0 bridgehead atoms. The molecule has 0 unspecified atom stereocenters. The second kappa shape index (κ2) is 6.76. The van der Waals surface area contributed by atoms with Crippen LogP contribution in [0.4, 0.5) is 0 Å². The van der Waals surface area contributed by atoms with E-state index in [-0.39, 0.29) is 11.4 Å². The number of rotatable bonds is 4.